The van der Waals surface area contributed by atoms with Gasteiger partial charge in [0.15, 0.2) is 3.95 Å². The molecular formula is C18H15N3OS3. The monoisotopic (exact) mass is 385 g/mol. The average Bonchev–Trinajstić information content (AvgIpc) is 3.20. The Labute approximate surface area is 158 Å². The van der Waals surface area contributed by atoms with Crippen molar-refractivity contribution in [1.29, 1.82) is 5.26 Å². The Morgan fingerprint density at radius 2 is 2.20 bits per heavy atom. The number of anilines is 1. The van der Waals surface area contributed by atoms with Gasteiger partial charge in [0, 0.05) is 11.7 Å². The van der Waals surface area contributed by atoms with Crippen molar-refractivity contribution in [3.63, 3.8) is 0 Å². The molecule has 3 aromatic rings. The molecule has 4 nitrogen and oxygen atoms in total. The smallest absolute Gasteiger partial charge is 0.269 e. The Morgan fingerprint density at radius 1 is 1.40 bits per heavy atom. The van der Waals surface area contributed by atoms with Crippen LogP contribution in [0, 0.1) is 15.3 Å². The molecule has 0 saturated carbocycles. The normalized spacial score (nSPS) is 11.7. The van der Waals surface area contributed by atoms with Crippen molar-refractivity contribution in [3.8, 4) is 6.07 Å². The fraction of sp³-hybridized carbons (Fsp3) is 0.167. The highest BCUT2D eigenvalue weighted by Gasteiger charge is 2.23. The molecule has 0 aliphatic rings. The summed E-state index contributed by atoms with van der Waals surface area (Å²) >= 11 is 8.18. The second-order valence-corrected chi connectivity index (χ2v) is 8.19. The van der Waals surface area contributed by atoms with E-state index in [1.165, 1.54) is 22.7 Å². The molecule has 0 saturated heterocycles. The highest BCUT2D eigenvalue weighted by molar-refractivity contribution is 7.73. The van der Waals surface area contributed by atoms with Gasteiger partial charge in [-0.3, -0.25) is 4.79 Å². The van der Waals surface area contributed by atoms with E-state index in [0.717, 1.165) is 21.5 Å². The molecule has 2 aromatic heterocycles. The molecule has 1 aromatic carbocycles. The number of nitrogens with one attached hydrogen (secondary N) is 1. The summed E-state index contributed by atoms with van der Waals surface area (Å²) in [5.41, 5.74) is 2.68. The van der Waals surface area contributed by atoms with E-state index in [9.17, 15) is 10.1 Å². The zero-order valence-corrected chi connectivity index (χ0v) is 16.1. The van der Waals surface area contributed by atoms with Crippen LogP contribution in [-0.4, -0.2) is 16.9 Å². The molecule has 25 heavy (non-hydrogen) atoms. The number of thiazole rings is 1. The highest BCUT2D eigenvalue weighted by atomic mass is 32.1. The van der Waals surface area contributed by atoms with Crippen LogP contribution in [0.4, 0.5) is 5.69 Å². The summed E-state index contributed by atoms with van der Waals surface area (Å²) in [5, 5.41) is 13.3. The first kappa shape index (κ1) is 17.5. The minimum Gasteiger partial charge on any atom is -0.337 e. The van der Waals surface area contributed by atoms with Crippen LogP contribution in [0.2, 0.25) is 0 Å². The van der Waals surface area contributed by atoms with Gasteiger partial charge < -0.3 is 9.88 Å². The molecule has 0 atom stereocenters. The van der Waals surface area contributed by atoms with E-state index < -0.39 is 0 Å². The van der Waals surface area contributed by atoms with Crippen LogP contribution in [0.5, 0.6) is 0 Å². The van der Waals surface area contributed by atoms with Crippen LogP contribution in [0.25, 0.3) is 16.3 Å². The van der Waals surface area contributed by atoms with Crippen LogP contribution < -0.4 is 4.90 Å². The molecule has 0 spiro atoms. The Bertz CT molecular complexity index is 1040. The molecule has 0 bridgehead atoms. The number of hydrogen-bond donors (Lipinski definition) is 1. The molecule has 3 rings (SSSR count). The number of hydrogen-bond acceptors (Lipinski definition) is 5. The quantitative estimate of drug-likeness (QED) is 0.373. The van der Waals surface area contributed by atoms with Crippen molar-refractivity contribution in [1.82, 2.24) is 4.98 Å². The number of amides is 1. The van der Waals surface area contributed by atoms with Crippen LogP contribution >= 0.6 is 34.9 Å². The standard InChI is InChI=1S/C18H15N3OS3/c1-11(2)21(14-3-4-15-16(8-14)25-18(23)20-15)17(22)13(9-19)7-12-5-6-24-10-12/h3-8,10-11H,1-2H3,(H,20,23)/b13-7+. The van der Waals surface area contributed by atoms with Gasteiger partial charge in [-0.25, -0.2) is 0 Å². The predicted octanol–water partition coefficient (Wildman–Crippen LogP) is 5.37. The molecule has 0 aliphatic heterocycles. The molecule has 126 valence electrons. The minimum absolute atomic E-state index is 0.0870. The molecule has 0 fully saturated rings. The zero-order valence-electron chi connectivity index (χ0n) is 13.6. The lowest BCUT2D eigenvalue weighted by Crippen LogP contribution is -2.37. The molecule has 1 N–H and O–H groups in total. The molecule has 0 aliphatic carbocycles. The molecule has 0 radical (unpaired) electrons. The van der Waals surface area contributed by atoms with E-state index in [-0.39, 0.29) is 17.5 Å². The van der Waals surface area contributed by atoms with Crippen molar-refractivity contribution < 1.29 is 4.79 Å². The summed E-state index contributed by atoms with van der Waals surface area (Å²) in [7, 11) is 0. The van der Waals surface area contributed by atoms with Gasteiger partial charge in [0.25, 0.3) is 5.91 Å². The summed E-state index contributed by atoms with van der Waals surface area (Å²) in [6, 6.07) is 9.55. The number of nitriles is 1. The van der Waals surface area contributed by atoms with Crippen molar-refractivity contribution >= 4 is 62.8 Å². The third-order valence-corrected chi connectivity index (χ3v) is 5.52. The van der Waals surface area contributed by atoms with Gasteiger partial charge in [-0.15, -0.1) is 11.3 Å². The molecule has 0 unspecified atom stereocenters. The van der Waals surface area contributed by atoms with E-state index in [4.69, 9.17) is 12.2 Å². The first-order valence-corrected chi connectivity index (χ1v) is 9.77. The predicted molar refractivity (Wildman–Crippen MR) is 108 cm³/mol. The van der Waals surface area contributed by atoms with Gasteiger partial charge >= 0.3 is 0 Å². The zero-order chi connectivity index (χ0) is 18.0. The Balaban J connectivity index is 2.03. The summed E-state index contributed by atoms with van der Waals surface area (Å²) in [4.78, 5) is 17.8. The molecule has 1 amide bonds. The maximum Gasteiger partial charge on any atom is 0.269 e. The van der Waals surface area contributed by atoms with Gasteiger partial charge in [0.05, 0.1) is 10.2 Å². The molecular weight excluding hydrogens is 370 g/mol. The fourth-order valence-corrected chi connectivity index (χ4v) is 4.30. The third kappa shape index (κ3) is 3.71. The average molecular weight is 386 g/mol. The molecule has 2 heterocycles. The van der Waals surface area contributed by atoms with Gasteiger partial charge in [-0.1, -0.05) is 0 Å². The Kier molecular flexibility index (Phi) is 5.13. The lowest BCUT2D eigenvalue weighted by Gasteiger charge is -2.26. The van der Waals surface area contributed by atoms with E-state index in [1.54, 1.807) is 11.0 Å². The highest BCUT2D eigenvalue weighted by Crippen LogP contribution is 2.28. The van der Waals surface area contributed by atoms with Crippen LogP contribution in [0.3, 0.4) is 0 Å². The number of benzene rings is 1. The van der Waals surface area contributed by atoms with Gasteiger partial charge in [0.1, 0.15) is 11.6 Å². The van der Waals surface area contributed by atoms with Crippen LogP contribution in [0.15, 0.2) is 40.6 Å². The maximum absolute atomic E-state index is 13.0. The van der Waals surface area contributed by atoms with Gasteiger partial charge in [-0.2, -0.15) is 16.6 Å². The van der Waals surface area contributed by atoms with Crippen LogP contribution in [-0.2, 0) is 4.79 Å². The number of carbonyl (C=O) groups is 1. The second-order valence-electron chi connectivity index (χ2n) is 5.69. The first-order chi connectivity index (χ1) is 12.0. The number of aromatic amines is 1. The van der Waals surface area contributed by atoms with E-state index in [0.29, 0.717) is 3.95 Å². The fourth-order valence-electron chi connectivity index (χ4n) is 2.53. The number of fused-ring (bicyclic) bond motifs is 1. The number of aromatic nitrogens is 1. The largest absolute Gasteiger partial charge is 0.337 e. The van der Waals surface area contributed by atoms with Crippen molar-refractivity contribution in [2.24, 2.45) is 0 Å². The maximum atomic E-state index is 13.0. The number of carbonyl (C=O) groups excluding carboxylic acids is 1. The summed E-state index contributed by atoms with van der Waals surface area (Å²) in [6.45, 7) is 3.86. The number of thiophene rings is 1. The minimum atomic E-state index is -0.304. The van der Waals surface area contributed by atoms with E-state index >= 15 is 0 Å². The summed E-state index contributed by atoms with van der Waals surface area (Å²) in [6.07, 6.45) is 1.63. The van der Waals surface area contributed by atoms with E-state index in [1.807, 2.05) is 54.9 Å². The number of rotatable bonds is 4. The van der Waals surface area contributed by atoms with Crippen molar-refractivity contribution in [2.75, 3.05) is 4.90 Å². The SMILES string of the molecule is CC(C)N(C(=O)/C(C#N)=C/c1ccsc1)c1ccc2[nH]c(=S)sc2c1. The Morgan fingerprint density at radius 3 is 2.84 bits per heavy atom. The van der Waals surface area contributed by atoms with Crippen molar-refractivity contribution in [2.45, 2.75) is 19.9 Å². The van der Waals surface area contributed by atoms with Gasteiger partial charge in [-0.05, 0) is 72.7 Å². The Hall–Kier alpha value is -2.27. The molecule has 7 heteroatoms. The second kappa shape index (κ2) is 7.31. The number of H-pyrrole nitrogens is 1. The van der Waals surface area contributed by atoms with E-state index in [2.05, 4.69) is 4.98 Å². The van der Waals surface area contributed by atoms with Crippen LogP contribution in [0.1, 0.15) is 19.4 Å². The summed E-state index contributed by atoms with van der Waals surface area (Å²) < 4.78 is 1.69. The summed E-state index contributed by atoms with van der Waals surface area (Å²) in [5.74, 6) is -0.304. The third-order valence-electron chi connectivity index (χ3n) is 3.62. The topological polar surface area (TPSA) is 59.9 Å². The lowest BCUT2D eigenvalue weighted by molar-refractivity contribution is -0.115. The number of nitrogens with zero attached hydrogens (tertiary/aromatic N) is 2. The first-order valence-electron chi connectivity index (χ1n) is 7.60. The van der Waals surface area contributed by atoms with Gasteiger partial charge in [0.2, 0.25) is 0 Å². The lowest BCUT2D eigenvalue weighted by atomic mass is 10.1. The van der Waals surface area contributed by atoms with Crippen molar-refractivity contribution in [3.05, 3.63) is 50.1 Å².